The van der Waals surface area contributed by atoms with E-state index in [0.717, 1.165) is 72.9 Å². The van der Waals surface area contributed by atoms with Crippen molar-refractivity contribution in [2.45, 2.75) is 105 Å². The number of anilines is 3. The van der Waals surface area contributed by atoms with Crippen molar-refractivity contribution in [1.82, 2.24) is 9.55 Å². The average molecular weight is 751 g/mol. The number of hydrogen-bond donors (Lipinski definition) is 0. The third-order valence-electron chi connectivity index (χ3n) is 13.0. The van der Waals surface area contributed by atoms with Gasteiger partial charge in [0, 0.05) is 49.2 Å². The van der Waals surface area contributed by atoms with Gasteiger partial charge in [-0.1, -0.05) is 94.8 Å². The zero-order valence-corrected chi connectivity index (χ0v) is 34.8. The Hall–Kier alpha value is -5.68. The van der Waals surface area contributed by atoms with Crippen molar-refractivity contribution in [3.05, 3.63) is 159 Å². The highest BCUT2D eigenvalue weighted by Gasteiger charge is 2.47. The summed E-state index contributed by atoms with van der Waals surface area (Å²) >= 11 is 0. The Balaban J connectivity index is 1.19. The van der Waals surface area contributed by atoms with Crippen LogP contribution in [-0.2, 0) is 28.4 Å². The first-order valence-electron chi connectivity index (χ1n) is 21.3. The summed E-state index contributed by atoms with van der Waals surface area (Å²) in [4.78, 5) is 12.7. The molecule has 5 nitrogen and oxygen atoms in total. The fourth-order valence-corrected chi connectivity index (χ4v) is 9.86. The summed E-state index contributed by atoms with van der Waals surface area (Å²) in [5, 5.41) is 2.39. The summed E-state index contributed by atoms with van der Waals surface area (Å²) in [6, 6.07) is 35.3. The monoisotopic (exact) mass is 750 g/mol. The molecule has 0 bridgehead atoms. The van der Waals surface area contributed by atoms with Crippen LogP contribution >= 0.6 is 0 Å². The van der Waals surface area contributed by atoms with E-state index in [2.05, 4.69) is 156 Å². The molecule has 2 aromatic heterocycles. The van der Waals surface area contributed by atoms with E-state index in [1.807, 2.05) is 26.1 Å². The average Bonchev–Trinajstić information content (AvgIpc) is 3.70. The standard InChI is InChI=1S/C52H52N4O/c1-30-21-31(2)37-27-47-52(10,29-34(37)22-30)54-49(57-47)38-26-44(33(4)23-32(38)3)55-43-18-14-12-16-40(43)51(8,9)41-25-39-36-15-11-13-17-42(36)56(45(39)28-46(41)55)48-24-35(19-20-53-48)50(5,6)7/h11-26,28,47H,27,29H2,1-10H3/t47-,52-/m0/s1/i29D2. The zero-order valence-electron chi connectivity index (χ0n) is 36.8. The first-order valence-corrected chi connectivity index (χ1v) is 20.3. The van der Waals surface area contributed by atoms with Gasteiger partial charge < -0.3 is 9.64 Å². The molecule has 0 N–H and O–H groups in total. The van der Waals surface area contributed by atoms with Crippen molar-refractivity contribution in [2.75, 3.05) is 4.90 Å². The van der Waals surface area contributed by atoms with Gasteiger partial charge in [-0.25, -0.2) is 9.98 Å². The Morgan fingerprint density at radius 3 is 2.32 bits per heavy atom. The fourth-order valence-electron chi connectivity index (χ4n) is 9.86. The van der Waals surface area contributed by atoms with Crippen LogP contribution in [0.25, 0.3) is 27.6 Å². The number of aromatic nitrogens is 2. The third-order valence-corrected chi connectivity index (χ3v) is 13.0. The van der Waals surface area contributed by atoms with Crippen LogP contribution in [0.5, 0.6) is 0 Å². The highest BCUT2D eigenvalue weighted by atomic mass is 16.5. The van der Waals surface area contributed by atoms with Gasteiger partial charge in [-0.2, -0.15) is 0 Å². The van der Waals surface area contributed by atoms with Crippen LogP contribution < -0.4 is 4.90 Å². The van der Waals surface area contributed by atoms with Crippen molar-refractivity contribution in [1.29, 1.82) is 0 Å². The van der Waals surface area contributed by atoms with Crippen molar-refractivity contribution < 1.29 is 7.48 Å². The Labute approximate surface area is 339 Å². The van der Waals surface area contributed by atoms with Gasteiger partial charge in [-0.05, 0) is 127 Å². The number of fused-ring (bicyclic) bond motifs is 7. The maximum Gasteiger partial charge on any atom is 0.217 e. The normalized spacial score (nSPS) is 20.9. The topological polar surface area (TPSA) is 42.6 Å². The molecular formula is C52H52N4O. The second kappa shape index (κ2) is 12.2. The molecule has 0 saturated carbocycles. The number of rotatable bonds is 3. The molecule has 286 valence electrons. The van der Waals surface area contributed by atoms with E-state index in [9.17, 15) is 2.74 Å². The van der Waals surface area contributed by atoms with Gasteiger partial charge >= 0.3 is 0 Å². The number of benzene rings is 5. The van der Waals surface area contributed by atoms with Crippen LogP contribution in [0.3, 0.4) is 0 Å². The second-order valence-corrected chi connectivity index (χ2v) is 18.4. The summed E-state index contributed by atoms with van der Waals surface area (Å²) < 4.78 is 28.3. The van der Waals surface area contributed by atoms with Gasteiger partial charge in [0.2, 0.25) is 5.90 Å². The molecule has 2 aliphatic heterocycles. The Kier molecular flexibility index (Phi) is 7.14. The maximum atomic E-state index is 9.56. The number of aryl methyl sites for hydroxylation is 4. The lowest BCUT2D eigenvalue weighted by atomic mass is 9.73. The molecule has 4 heterocycles. The predicted molar refractivity (Wildman–Crippen MR) is 237 cm³/mol. The van der Waals surface area contributed by atoms with Crippen molar-refractivity contribution in [3.63, 3.8) is 0 Å². The minimum Gasteiger partial charge on any atom is -0.471 e. The molecule has 57 heavy (non-hydrogen) atoms. The van der Waals surface area contributed by atoms with E-state index in [4.69, 9.17) is 14.7 Å². The number of ether oxygens (including phenoxy) is 1. The second-order valence-electron chi connectivity index (χ2n) is 18.4. The molecular weight excluding hydrogens is 697 g/mol. The highest BCUT2D eigenvalue weighted by Crippen LogP contribution is 2.54. The molecule has 0 fully saturated rings. The van der Waals surface area contributed by atoms with Gasteiger partial charge in [-0.3, -0.25) is 4.57 Å². The minimum absolute atomic E-state index is 0.0336. The number of aliphatic imine (C=N–C) groups is 1. The molecule has 0 unspecified atom stereocenters. The van der Waals surface area contributed by atoms with Gasteiger partial charge in [0.05, 0.1) is 22.4 Å². The Bertz CT molecular complexity index is 2970. The van der Waals surface area contributed by atoms with Crippen LogP contribution in [0.4, 0.5) is 17.1 Å². The third kappa shape index (κ3) is 5.34. The molecule has 5 heteroatoms. The quantitative estimate of drug-likeness (QED) is 0.181. The zero-order chi connectivity index (χ0) is 41.6. The first-order chi connectivity index (χ1) is 27.9. The fraction of sp³-hybridized carbons (Fsp3) is 0.308. The molecule has 7 aromatic rings. The first kappa shape index (κ1) is 33.5. The molecule has 3 aliphatic rings. The van der Waals surface area contributed by atoms with Crippen LogP contribution in [-0.4, -0.2) is 27.1 Å². The van der Waals surface area contributed by atoms with Gasteiger partial charge in [0.1, 0.15) is 17.5 Å². The number of nitrogens with zero attached hydrogens (tertiary/aromatic N) is 4. The summed E-state index contributed by atoms with van der Waals surface area (Å²) in [5.41, 5.74) is 14.8. The van der Waals surface area contributed by atoms with Crippen molar-refractivity contribution in [2.24, 2.45) is 4.99 Å². The Morgan fingerprint density at radius 2 is 1.51 bits per heavy atom. The summed E-state index contributed by atoms with van der Waals surface area (Å²) in [6.45, 7) is 21.8. The largest absolute Gasteiger partial charge is 0.471 e. The maximum absolute atomic E-state index is 9.56. The summed E-state index contributed by atoms with van der Waals surface area (Å²) in [6.07, 6.45) is 0.409. The van der Waals surface area contributed by atoms with E-state index in [1.54, 1.807) is 0 Å². The molecule has 0 amide bonds. The SMILES string of the molecule is [2H]C1([2H])c2cc(C)cc(C)c2C[C@@H]2OC(c3cc(N4c5ccccc5C(C)(C)c5cc6c7ccccc7n(-c7cc(C(C)(C)C)ccn7)c6cc54)c(C)cc3C)=N[C@]21C. The number of pyridine rings is 1. The van der Waals surface area contributed by atoms with E-state index in [0.29, 0.717) is 12.3 Å². The van der Waals surface area contributed by atoms with Crippen LogP contribution in [0, 0.1) is 27.7 Å². The summed E-state index contributed by atoms with van der Waals surface area (Å²) in [7, 11) is 0. The van der Waals surface area contributed by atoms with E-state index in [-0.39, 0.29) is 10.8 Å². The van der Waals surface area contributed by atoms with E-state index in [1.165, 1.54) is 27.5 Å². The summed E-state index contributed by atoms with van der Waals surface area (Å²) in [5.74, 6) is 1.41. The molecule has 0 radical (unpaired) electrons. The Morgan fingerprint density at radius 1 is 0.737 bits per heavy atom. The number of para-hydroxylation sites is 2. The molecule has 1 aliphatic carbocycles. The molecule has 10 rings (SSSR count). The van der Waals surface area contributed by atoms with Gasteiger partial charge in [0.25, 0.3) is 0 Å². The lowest BCUT2D eigenvalue weighted by Crippen LogP contribution is -2.42. The molecule has 0 saturated heterocycles. The van der Waals surface area contributed by atoms with Gasteiger partial charge in [-0.15, -0.1) is 0 Å². The van der Waals surface area contributed by atoms with Crippen molar-refractivity contribution >= 4 is 44.8 Å². The van der Waals surface area contributed by atoms with Gasteiger partial charge in [0.15, 0.2) is 0 Å². The van der Waals surface area contributed by atoms with E-state index >= 15 is 0 Å². The smallest absolute Gasteiger partial charge is 0.217 e. The van der Waals surface area contributed by atoms with Crippen LogP contribution in [0.15, 0.2) is 108 Å². The van der Waals surface area contributed by atoms with E-state index < -0.39 is 18.0 Å². The predicted octanol–water partition coefficient (Wildman–Crippen LogP) is 12.5. The molecule has 0 spiro atoms. The molecule has 5 aromatic carbocycles. The van der Waals surface area contributed by atoms with Crippen LogP contribution in [0.1, 0.15) is 99.9 Å². The highest BCUT2D eigenvalue weighted by molar-refractivity contribution is 6.11. The lowest BCUT2D eigenvalue weighted by molar-refractivity contribution is 0.136. The van der Waals surface area contributed by atoms with Crippen LogP contribution in [0.2, 0.25) is 0 Å². The number of hydrogen-bond acceptors (Lipinski definition) is 4. The lowest BCUT2D eigenvalue weighted by Gasteiger charge is -2.42. The molecule has 2 atom stereocenters. The van der Waals surface area contributed by atoms with Crippen molar-refractivity contribution in [3.8, 4) is 5.82 Å². The minimum atomic E-state index is -1.72.